The molecule has 0 aliphatic carbocycles. The van der Waals surface area contributed by atoms with Crippen molar-refractivity contribution >= 4 is 21.8 Å². The Bertz CT molecular complexity index is 385. The smallest absolute Gasteiger partial charge is 0.233 e. The molecule has 1 N–H and O–H groups in total. The maximum atomic E-state index is 11.3. The van der Waals surface area contributed by atoms with E-state index in [0.29, 0.717) is 13.2 Å². The van der Waals surface area contributed by atoms with Gasteiger partial charge in [-0.3, -0.25) is 9.69 Å². The maximum absolute atomic E-state index is 11.3. The fourth-order valence-electron chi connectivity index (χ4n) is 1.48. The second kappa shape index (κ2) is 8.11. The average molecular weight is 315 g/mol. The van der Waals surface area contributed by atoms with Gasteiger partial charge in [-0.25, -0.2) is 0 Å². The van der Waals surface area contributed by atoms with Crippen molar-refractivity contribution in [1.29, 1.82) is 0 Å². The highest BCUT2D eigenvalue weighted by Gasteiger charge is 2.07. The van der Waals surface area contributed by atoms with Crippen molar-refractivity contribution in [1.82, 2.24) is 10.2 Å². The van der Waals surface area contributed by atoms with Crippen LogP contribution in [-0.4, -0.2) is 44.1 Å². The first-order chi connectivity index (χ1) is 8.65. The first-order valence-corrected chi connectivity index (χ1v) is 6.76. The summed E-state index contributed by atoms with van der Waals surface area (Å²) in [6.07, 6.45) is 0. The van der Waals surface area contributed by atoms with Gasteiger partial charge >= 0.3 is 0 Å². The molecule has 0 aliphatic heterocycles. The quantitative estimate of drug-likeness (QED) is 0.835. The summed E-state index contributed by atoms with van der Waals surface area (Å²) in [5, 5.41) is 2.62. The fraction of sp³-hybridized carbons (Fsp3) is 0.462. The number of carbonyl (C=O) groups excluding carboxylic acids is 1. The van der Waals surface area contributed by atoms with Crippen LogP contribution in [0.2, 0.25) is 0 Å². The predicted molar refractivity (Wildman–Crippen MR) is 75.8 cm³/mol. The normalized spacial score (nSPS) is 10.4. The molecule has 0 aromatic heterocycles. The highest BCUT2D eigenvalue weighted by molar-refractivity contribution is 9.10. The Morgan fingerprint density at radius 1 is 1.50 bits per heavy atom. The Hall–Kier alpha value is -1.07. The molecule has 0 saturated heterocycles. The number of rotatable bonds is 7. The first-order valence-electron chi connectivity index (χ1n) is 5.97. The van der Waals surface area contributed by atoms with Crippen LogP contribution in [0.5, 0.6) is 5.75 Å². The Morgan fingerprint density at radius 3 is 2.89 bits per heavy atom. The van der Waals surface area contributed by atoms with E-state index in [-0.39, 0.29) is 5.91 Å². The molecular weight excluding hydrogens is 296 g/mol. The molecule has 1 amide bonds. The van der Waals surface area contributed by atoms with Crippen molar-refractivity contribution in [3.05, 3.63) is 28.7 Å². The molecule has 0 fully saturated rings. The van der Waals surface area contributed by atoms with Crippen LogP contribution in [0.4, 0.5) is 0 Å². The van der Waals surface area contributed by atoms with Crippen LogP contribution in [0.1, 0.15) is 6.92 Å². The number of benzene rings is 1. The highest BCUT2D eigenvalue weighted by Crippen LogP contribution is 2.17. The van der Waals surface area contributed by atoms with Crippen LogP contribution in [0, 0.1) is 0 Å². The number of amides is 1. The lowest BCUT2D eigenvalue weighted by molar-refractivity contribution is -0.121. The van der Waals surface area contributed by atoms with E-state index in [0.717, 1.165) is 23.3 Å². The van der Waals surface area contributed by atoms with Crippen molar-refractivity contribution in [3.8, 4) is 5.75 Å². The van der Waals surface area contributed by atoms with Crippen molar-refractivity contribution in [2.24, 2.45) is 0 Å². The number of hydrogen-bond acceptors (Lipinski definition) is 3. The summed E-state index contributed by atoms with van der Waals surface area (Å²) in [7, 11) is 1.65. The SMILES string of the molecule is CCN(CCOc1cccc(Br)c1)CC(=O)NC. The van der Waals surface area contributed by atoms with Gasteiger partial charge in [0.05, 0.1) is 6.54 Å². The van der Waals surface area contributed by atoms with E-state index in [4.69, 9.17) is 4.74 Å². The number of likely N-dealkylation sites (N-methyl/N-ethyl adjacent to an activating group) is 2. The van der Waals surface area contributed by atoms with Crippen LogP contribution >= 0.6 is 15.9 Å². The van der Waals surface area contributed by atoms with Gasteiger partial charge in [0.15, 0.2) is 0 Å². The van der Waals surface area contributed by atoms with Crippen molar-refractivity contribution < 1.29 is 9.53 Å². The zero-order chi connectivity index (χ0) is 13.4. The molecule has 4 nitrogen and oxygen atoms in total. The van der Waals surface area contributed by atoms with Gasteiger partial charge < -0.3 is 10.1 Å². The molecule has 1 rings (SSSR count). The molecule has 0 atom stereocenters. The Balaban J connectivity index is 2.33. The van der Waals surface area contributed by atoms with Crippen LogP contribution in [0.15, 0.2) is 28.7 Å². The molecule has 100 valence electrons. The lowest BCUT2D eigenvalue weighted by atomic mass is 10.3. The van der Waals surface area contributed by atoms with Crippen molar-refractivity contribution in [2.75, 3.05) is 33.3 Å². The van der Waals surface area contributed by atoms with Gasteiger partial charge in [-0.05, 0) is 24.7 Å². The summed E-state index contributed by atoms with van der Waals surface area (Å²) >= 11 is 3.40. The largest absolute Gasteiger partial charge is 0.492 e. The summed E-state index contributed by atoms with van der Waals surface area (Å²) in [5.74, 6) is 0.861. The zero-order valence-corrected chi connectivity index (χ0v) is 12.4. The molecular formula is C13H19BrN2O2. The van der Waals surface area contributed by atoms with E-state index in [1.54, 1.807) is 7.05 Å². The third-order valence-corrected chi connectivity index (χ3v) is 3.06. The second-order valence-corrected chi connectivity index (χ2v) is 4.76. The molecule has 0 bridgehead atoms. The lowest BCUT2D eigenvalue weighted by Gasteiger charge is -2.19. The Kier molecular flexibility index (Phi) is 6.75. The minimum Gasteiger partial charge on any atom is -0.492 e. The van der Waals surface area contributed by atoms with Crippen molar-refractivity contribution in [3.63, 3.8) is 0 Å². The minimum atomic E-state index is 0.0271. The number of nitrogens with one attached hydrogen (secondary N) is 1. The Morgan fingerprint density at radius 2 is 2.28 bits per heavy atom. The topological polar surface area (TPSA) is 41.6 Å². The zero-order valence-electron chi connectivity index (χ0n) is 10.8. The number of nitrogens with zero attached hydrogens (tertiary/aromatic N) is 1. The van der Waals surface area contributed by atoms with Crippen molar-refractivity contribution in [2.45, 2.75) is 6.92 Å². The van der Waals surface area contributed by atoms with Crippen LogP contribution in [0.25, 0.3) is 0 Å². The molecule has 0 heterocycles. The molecule has 1 aromatic carbocycles. The summed E-state index contributed by atoms with van der Waals surface area (Å²) in [6.45, 7) is 4.57. The minimum absolute atomic E-state index is 0.0271. The van der Waals surface area contributed by atoms with Crippen LogP contribution < -0.4 is 10.1 Å². The van der Waals surface area contributed by atoms with E-state index in [1.165, 1.54) is 0 Å². The summed E-state index contributed by atoms with van der Waals surface area (Å²) < 4.78 is 6.63. The molecule has 1 aromatic rings. The van der Waals surface area contributed by atoms with E-state index in [1.807, 2.05) is 36.1 Å². The molecule has 0 spiro atoms. The summed E-state index contributed by atoms with van der Waals surface area (Å²) in [4.78, 5) is 13.3. The lowest BCUT2D eigenvalue weighted by Crippen LogP contribution is -2.37. The summed E-state index contributed by atoms with van der Waals surface area (Å²) in [6, 6.07) is 7.73. The van der Waals surface area contributed by atoms with Gasteiger partial charge in [0.2, 0.25) is 5.91 Å². The molecule has 18 heavy (non-hydrogen) atoms. The first kappa shape index (κ1) is 15.0. The third kappa shape index (κ3) is 5.51. The summed E-state index contributed by atoms with van der Waals surface area (Å²) in [5.41, 5.74) is 0. The number of hydrogen-bond donors (Lipinski definition) is 1. The molecule has 5 heteroatoms. The van der Waals surface area contributed by atoms with Gasteiger partial charge in [0.1, 0.15) is 12.4 Å². The Labute approximate surface area is 116 Å². The van der Waals surface area contributed by atoms with E-state index in [2.05, 4.69) is 21.2 Å². The highest BCUT2D eigenvalue weighted by atomic mass is 79.9. The standard InChI is InChI=1S/C13H19BrN2O2/c1-3-16(10-13(17)15-2)7-8-18-12-6-4-5-11(14)9-12/h4-6,9H,3,7-8,10H2,1-2H3,(H,15,17). The molecule has 0 radical (unpaired) electrons. The van der Waals surface area contributed by atoms with E-state index < -0.39 is 0 Å². The van der Waals surface area contributed by atoms with Gasteiger partial charge in [-0.1, -0.05) is 28.9 Å². The third-order valence-electron chi connectivity index (χ3n) is 2.57. The fourth-order valence-corrected chi connectivity index (χ4v) is 1.86. The molecule has 0 saturated carbocycles. The van der Waals surface area contributed by atoms with E-state index in [9.17, 15) is 4.79 Å². The van der Waals surface area contributed by atoms with Crippen LogP contribution in [0.3, 0.4) is 0 Å². The predicted octanol–water partition coefficient (Wildman–Crippen LogP) is 1.90. The van der Waals surface area contributed by atoms with E-state index >= 15 is 0 Å². The number of ether oxygens (including phenoxy) is 1. The number of carbonyl (C=O) groups is 1. The number of halogens is 1. The second-order valence-electron chi connectivity index (χ2n) is 3.85. The van der Waals surface area contributed by atoms with Gasteiger partial charge in [-0.2, -0.15) is 0 Å². The monoisotopic (exact) mass is 314 g/mol. The maximum Gasteiger partial charge on any atom is 0.233 e. The average Bonchev–Trinajstić information content (AvgIpc) is 2.37. The van der Waals surface area contributed by atoms with Crippen LogP contribution in [-0.2, 0) is 4.79 Å². The molecule has 0 aliphatic rings. The van der Waals surface area contributed by atoms with Gasteiger partial charge in [0.25, 0.3) is 0 Å². The van der Waals surface area contributed by atoms with Gasteiger partial charge in [0, 0.05) is 18.1 Å². The molecule has 0 unspecified atom stereocenters. The van der Waals surface area contributed by atoms with Gasteiger partial charge in [-0.15, -0.1) is 0 Å².